The summed E-state index contributed by atoms with van der Waals surface area (Å²) < 4.78 is 9.96. The summed E-state index contributed by atoms with van der Waals surface area (Å²) in [6.07, 6.45) is 0.224. The van der Waals surface area contributed by atoms with Crippen LogP contribution in [0.4, 0.5) is 0 Å². The number of ether oxygens (including phenoxy) is 1. The van der Waals surface area contributed by atoms with E-state index in [0.29, 0.717) is 12.4 Å². The lowest BCUT2D eigenvalue weighted by molar-refractivity contribution is -0.142. The van der Waals surface area contributed by atoms with Crippen molar-refractivity contribution >= 4 is 5.97 Å². The van der Waals surface area contributed by atoms with Crippen LogP contribution in [0, 0.1) is 6.92 Å². The molecule has 3 heteroatoms. The Morgan fingerprint density at radius 3 is 2.83 bits per heavy atom. The molecule has 3 nitrogen and oxygen atoms in total. The molecule has 0 spiro atoms. The Balaban J connectivity index is 2.46. The van der Waals surface area contributed by atoms with Gasteiger partial charge in [0.1, 0.15) is 17.9 Å². The first kappa shape index (κ1) is 8.84. The fraction of sp³-hybridized carbons (Fsp3) is 0.444. The molecule has 0 atom stereocenters. The molecule has 0 aromatic carbocycles. The standard InChI is InChI=1S/C9H12O3/c1-3-11-9(10)6-8-5-4-7(2)12-8/h4-5H,3,6H2,1-2H3. The second kappa shape index (κ2) is 3.95. The van der Waals surface area contributed by atoms with Crippen molar-refractivity contribution in [2.45, 2.75) is 20.3 Å². The number of rotatable bonds is 3. The van der Waals surface area contributed by atoms with E-state index >= 15 is 0 Å². The first-order valence-electron chi connectivity index (χ1n) is 3.93. The summed E-state index contributed by atoms with van der Waals surface area (Å²) in [6, 6.07) is 3.61. The summed E-state index contributed by atoms with van der Waals surface area (Å²) >= 11 is 0. The fourth-order valence-electron chi connectivity index (χ4n) is 0.934. The molecule has 1 rings (SSSR count). The molecule has 0 saturated heterocycles. The number of aryl methyl sites for hydroxylation is 1. The van der Waals surface area contributed by atoms with E-state index < -0.39 is 0 Å². The summed E-state index contributed by atoms with van der Waals surface area (Å²) in [5.74, 6) is 1.23. The Labute approximate surface area is 71.3 Å². The average molecular weight is 168 g/mol. The van der Waals surface area contributed by atoms with Gasteiger partial charge in [0.25, 0.3) is 0 Å². The molecule has 0 amide bonds. The predicted molar refractivity (Wildman–Crippen MR) is 43.8 cm³/mol. The van der Waals surface area contributed by atoms with Crippen LogP contribution in [0.15, 0.2) is 16.5 Å². The normalized spacial score (nSPS) is 9.83. The number of esters is 1. The van der Waals surface area contributed by atoms with Gasteiger partial charge in [0.2, 0.25) is 0 Å². The number of carbonyl (C=O) groups excluding carboxylic acids is 1. The Morgan fingerprint density at radius 2 is 2.33 bits per heavy atom. The third-order valence-corrected chi connectivity index (χ3v) is 1.42. The van der Waals surface area contributed by atoms with Crippen LogP contribution in [0.3, 0.4) is 0 Å². The molecule has 0 bridgehead atoms. The predicted octanol–water partition coefficient (Wildman–Crippen LogP) is 1.69. The molecule has 12 heavy (non-hydrogen) atoms. The minimum absolute atomic E-state index is 0.224. The Bertz CT molecular complexity index is 262. The van der Waals surface area contributed by atoms with Crippen LogP contribution in [-0.2, 0) is 16.0 Å². The van der Waals surface area contributed by atoms with Crippen LogP contribution >= 0.6 is 0 Å². The van der Waals surface area contributed by atoms with Gasteiger partial charge in [0, 0.05) is 0 Å². The minimum Gasteiger partial charge on any atom is -0.466 e. The Kier molecular flexibility index (Phi) is 2.91. The van der Waals surface area contributed by atoms with Crippen LogP contribution < -0.4 is 0 Å². The van der Waals surface area contributed by atoms with Crippen molar-refractivity contribution in [1.82, 2.24) is 0 Å². The van der Waals surface area contributed by atoms with E-state index in [2.05, 4.69) is 0 Å². The third kappa shape index (κ3) is 2.42. The van der Waals surface area contributed by atoms with Crippen molar-refractivity contribution in [3.05, 3.63) is 23.7 Å². The van der Waals surface area contributed by atoms with Crippen molar-refractivity contribution in [2.24, 2.45) is 0 Å². The van der Waals surface area contributed by atoms with Crippen molar-refractivity contribution in [3.63, 3.8) is 0 Å². The highest BCUT2D eigenvalue weighted by Crippen LogP contribution is 2.07. The average Bonchev–Trinajstić information content (AvgIpc) is 2.36. The van der Waals surface area contributed by atoms with Gasteiger partial charge in [0.05, 0.1) is 6.61 Å². The third-order valence-electron chi connectivity index (χ3n) is 1.42. The lowest BCUT2D eigenvalue weighted by Crippen LogP contribution is -2.06. The molecule has 1 heterocycles. The Hall–Kier alpha value is -1.25. The molecule has 0 radical (unpaired) electrons. The molecule has 0 aliphatic rings. The van der Waals surface area contributed by atoms with Gasteiger partial charge in [-0.05, 0) is 26.0 Å². The molecular weight excluding hydrogens is 156 g/mol. The molecule has 0 N–H and O–H groups in total. The lowest BCUT2D eigenvalue weighted by Gasteiger charge is -1.97. The summed E-state index contributed by atoms with van der Waals surface area (Å²) in [6.45, 7) is 4.04. The van der Waals surface area contributed by atoms with Crippen LogP contribution in [0.2, 0.25) is 0 Å². The van der Waals surface area contributed by atoms with Gasteiger partial charge in [-0.1, -0.05) is 0 Å². The van der Waals surface area contributed by atoms with Crippen molar-refractivity contribution in [1.29, 1.82) is 0 Å². The monoisotopic (exact) mass is 168 g/mol. The topological polar surface area (TPSA) is 39.4 Å². The van der Waals surface area contributed by atoms with Crippen molar-refractivity contribution in [2.75, 3.05) is 6.61 Å². The van der Waals surface area contributed by atoms with E-state index in [1.807, 2.05) is 13.0 Å². The molecule has 0 unspecified atom stereocenters. The molecule has 0 saturated carbocycles. The zero-order chi connectivity index (χ0) is 8.97. The van der Waals surface area contributed by atoms with Gasteiger partial charge < -0.3 is 9.15 Å². The van der Waals surface area contributed by atoms with Crippen molar-refractivity contribution < 1.29 is 13.9 Å². The Morgan fingerprint density at radius 1 is 1.58 bits per heavy atom. The van der Waals surface area contributed by atoms with E-state index in [0.717, 1.165) is 5.76 Å². The van der Waals surface area contributed by atoms with Crippen LogP contribution in [0.25, 0.3) is 0 Å². The van der Waals surface area contributed by atoms with Crippen LogP contribution in [0.1, 0.15) is 18.4 Å². The van der Waals surface area contributed by atoms with E-state index in [1.165, 1.54) is 0 Å². The first-order valence-corrected chi connectivity index (χ1v) is 3.93. The van der Waals surface area contributed by atoms with Crippen molar-refractivity contribution in [3.8, 4) is 0 Å². The number of carbonyl (C=O) groups is 1. The van der Waals surface area contributed by atoms with Gasteiger partial charge in [-0.25, -0.2) is 0 Å². The summed E-state index contributed by atoms with van der Waals surface area (Å²) in [7, 11) is 0. The number of hydrogen-bond acceptors (Lipinski definition) is 3. The van der Waals surface area contributed by atoms with Crippen LogP contribution in [0.5, 0.6) is 0 Å². The molecule has 66 valence electrons. The van der Waals surface area contributed by atoms with E-state index in [9.17, 15) is 4.79 Å². The maximum atomic E-state index is 10.9. The lowest BCUT2D eigenvalue weighted by atomic mass is 10.3. The van der Waals surface area contributed by atoms with E-state index in [1.54, 1.807) is 13.0 Å². The van der Waals surface area contributed by atoms with Crippen LogP contribution in [-0.4, -0.2) is 12.6 Å². The molecular formula is C9H12O3. The second-order valence-corrected chi connectivity index (χ2v) is 2.49. The quantitative estimate of drug-likeness (QED) is 0.645. The summed E-state index contributed by atoms with van der Waals surface area (Å²) in [5.41, 5.74) is 0. The van der Waals surface area contributed by atoms with Gasteiger partial charge in [-0.15, -0.1) is 0 Å². The highest BCUT2D eigenvalue weighted by molar-refractivity contribution is 5.71. The molecule has 0 aliphatic heterocycles. The first-order chi connectivity index (χ1) is 5.72. The maximum Gasteiger partial charge on any atom is 0.313 e. The largest absolute Gasteiger partial charge is 0.466 e. The fourth-order valence-corrected chi connectivity index (χ4v) is 0.934. The molecule has 0 aliphatic carbocycles. The zero-order valence-corrected chi connectivity index (χ0v) is 7.29. The van der Waals surface area contributed by atoms with Gasteiger partial charge >= 0.3 is 5.97 Å². The SMILES string of the molecule is CCOC(=O)Cc1ccc(C)o1. The minimum atomic E-state index is -0.244. The maximum absolute atomic E-state index is 10.9. The number of hydrogen-bond donors (Lipinski definition) is 0. The second-order valence-electron chi connectivity index (χ2n) is 2.49. The van der Waals surface area contributed by atoms with Gasteiger partial charge in [-0.2, -0.15) is 0 Å². The zero-order valence-electron chi connectivity index (χ0n) is 7.29. The summed E-state index contributed by atoms with van der Waals surface area (Å²) in [5, 5.41) is 0. The molecule has 1 aromatic rings. The van der Waals surface area contributed by atoms with Gasteiger partial charge in [-0.3, -0.25) is 4.79 Å². The summed E-state index contributed by atoms with van der Waals surface area (Å²) in [4.78, 5) is 10.9. The highest BCUT2D eigenvalue weighted by atomic mass is 16.5. The molecule has 1 aromatic heterocycles. The van der Waals surface area contributed by atoms with Gasteiger partial charge in [0.15, 0.2) is 0 Å². The number of furan rings is 1. The highest BCUT2D eigenvalue weighted by Gasteiger charge is 2.06. The molecule has 0 fully saturated rings. The van der Waals surface area contributed by atoms with E-state index in [4.69, 9.17) is 9.15 Å². The smallest absolute Gasteiger partial charge is 0.313 e. The van der Waals surface area contributed by atoms with E-state index in [-0.39, 0.29) is 12.4 Å².